The molecule has 4 rings (SSSR count). The van der Waals surface area contributed by atoms with E-state index in [4.69, 9.17) is 0 Å². The molecule has 1 saturated heterocycles. The first kappa shape index (κ1) is 24.2. The third-order valence-electron chi connectivity index (χ3n) is 5.96. The Labute approximate surface area is 198 Å². The van der Waals surface area contributed by atoms with E-state index in [1.165, 1.54) is 6.20 Å². The SMILES string of the molecule is CCCS(=O)(=O)Cc1ccc(F)c(-n2cc(-c3cncc(N4CCN(CC)CC4)c3)nn2)c1F. The predicted octanol–water partition coefficient (Wildman–Crippen LogP) is 3.07. The van der Waals surface area contributed by atoms with Gasteiger partial charge < -0.3 is 9.80 Å². The lowest BCUT2D eigenvalue weighted by atomic mass is 10.2. The van der Waals surface area contributed by atoms with Crippen molar-refractivity contribution in [2.45, 2.75) is 26.0 Å². The number of hydrogen-bond acceptors (Lipinski definition) is 7. The van der Waals surface area contributed by atoms with Gasteiger partial charge in [0.1, 0.15) is 11.4 Å². The lowest BCUT2D eigenvalue weighted by molar-refractivity contribution is 0.271. The van der Waals surface area contributed by atoms with Crippen LogP contribution in [0.4, 0.5) is 14.5 Å². The summed E-state index contributed by atoms with van der Waals surface area (Å²) in [6.45, 7) is 8.61. The summed E-state index contributed by atoms with van der Waals surface area (Å²) in [5.41, 5.74) is 1.47. The maximum Gasteiger partial charge on any atom is 0.156 e. The summed E-state index contributed by atoms with van der Waals surface area (Å²) in [7, 11) is -3.50. The Balaban J connectivity index is 1.60. The highest BCUT2D eigenvalue weighted by Gasteiger charge is 2.22. The second-order valence-corrected chi connectivity index (χ2v) is 10.5. The van der Waals surface area contributed by atoms with Crippen molar-refractivity contribution in [1.29, 1.82) is 0 Å². The Morgan fingerprint density at radius 2 is 1.82 bits per heavy atom. The molecule has 1 aliphatic rings. The van der Waals surface area contributed by atoms with Gasteiger partial charge in [0.15, 0.2) is 21.5 Å². The van der Waals surface area contributed by atoms with E-state index in [0.717, 1.165) is 55.2 Å². The van der Waals surface area contributed by atoms with Gasteiger partial charge in [-0.25, -0.2) is 21.9 Å². The van der Waals surface area contributed by atoms with Crippen LogP contribution in [0.3, 0.4) is 0 Å². The van der Waals surface area contributed by atoms with Crippen molar-refractivity contribution in [3.8, 4) is 16.9 Å². The third-order valence-corrected chi connectivity index (χ3v) is 7.75. The molecular formula is C23H28F2N6O2S. The molecule has 34 heavy (non-hydrogen) atoms. The minimum absolute atomic E-state index is 0.0660. The summed E-state index contributed by atoms with van der Waals surface area (Å²) >= 11 is 0. The molecule has 11 heteroatoms. The molecule has 0 radical (unpaired) electrons. The van der Waals surface area contributed by atoms with Crippen LogP contribution in [0.2, 0.25) is 0 Å². The van der Waals surface area contributed by atoms with Crippen LogP contribution in [0, 0.1) is 11.6 Å². The summed E-state index contributed by atoms with van der Waals surface area (Å²) in [6, 6.07) is 4.14. The number of nitrogens with zero attached hydrogens (tertiary/aromatic N) is 6. The minimum Gasteiger partial charge on any atom is -0.368 e. The van der Waals surface area contributed by atoms with Crippen LogP contribution in [-0.2, 0) is 15.6 Å². The molecule has 3 aromatic rings. The van der Waals surface area contributed by atoms with Crippen molar-refractivity contribution in [2.24, 2.45) is 0 Å². The number of sulfone groups is 1. The average molecular weight is 491 g/mol. The molecule has 0 atom stereocenters. The molecule has 0 amide bonds. The molecule has 0 bridgehead atoms. The zero-order valence-corrected chi connectivity index (χ0v) is 20.1. The van der Waals surface area contributed by atoms with Gasteiger partial charge in [-0.3, -0.25) is 4.98 Å². The maximum atomic E-state index is 15.2. The Morgan fingerprint density at radius 1 is 1.06 bits per heavy atom. The van der Waals surface area contributed by atoms with Crippen LogP contribution in [0.1, 0.15) is 25.8 Å². The van der Waals surface area contributed by atoms with Crippen LogP contribution in [0.25, 0.3) is 16.9 Å². The van der Waals surface area contributed by atoms with Crippen molar-refractivity contribution in [1.82, 2.24) is 24.9 Å². The van der Waals surface area contributed by atoms with Crippen LogP contribution >= 0.6 is 0 Å². The van der Waals surface area contributed by atoms with Crippen LogP contribution in [0.5, 0.6) is 0 Å². The second kappa shape index (κ2) is 10.1. The zero-order valence-electron chi connectivity index (χ0n) is 19.3. The first-order valence-electron chi connectivity index (χ1n) is 11.3. The second-order valence-electron chi connectivity index (χ2n) is 8.36. The Morgan fingerprint density at radius 3 is 2.53 bits per heavy atom. The van der Waals surface area contributed by atoms with E-state index in [2.05, 4.69) is 32.0 Å². The third kappa shape index (κ3) is 5.25. The standard InChI is InChI=1S/C23H28F2N6O2S/c1-3-11-34(32,33)16-17-5-6-20(24)23(22(17)25)31-15-21(27-28-31)18-12-19(14-26-13-18)30-9-7-29(4-2)8-10-30/h5-6,12-15H,3-4,7-11,16H2,1-2H3. The molecule has 3 heterocycles. The molecule has 1 aromatic carbocycles. The largest absolute Gasteiger partial charge is 0.368 e. The molecule has 0 unspecified atom stereocenters. The topological polar surface area (TPSA) is 84.2 Å². The molecule has 1 aliphatic heterocycles. The molecule has 0 saturated carbocycles. The quantitative estimate of drug-likeness (QED) is 0.480. The van der Waals surface area contributed by atoms with Crippen molar-refractivity contribution in [3.63, 3.8) is 0 Å². The Kier molecular flexibility index (Phi) is 7.22. The van der Waals surface area contributed by atoms with Crippen molar-refractivity contribution < 1.29 is 17.2 Å². The molecular weight excluding hydrogens is 462 g/mol. The van der Waals surface area contributed by atoms with E-state index < -0.39 is 32.9 Å². The van der Waals surface area contributed by atoms with E-state index in [9.17, 15) is 12.8 Å². The summed E-state index contributed by atoms with van der Waals surface area (Å²) in [5, 5.41) is 8.00. The smallest absolute Gasteiger partial charge is 0.156 e. The van der Waals surface area contributed by atoms with Gasteiger partial charge in [-0.1, -0.05) is 25.1 Å². The predicted molar refractivity (Wildman–Crippen MR) is 127 cm³/mol. The molecule has 0 N–H and O–H groups in total. The number of piperazine rings is 1. The first-order chi connectivity index (χ1) is 16.3. The van der Waals surface area contributed by atoms with Crippen molar-refractivity contribution in [3.05, 3.63) is 54.0 Å². The van der Waals surface area contributed by atoms with Gasteiger partial charge in [0.05, 0.1) is 29.6 Å². The molecule has 8 nitrogen and oxygen atoms in total. The minimum atomic E-state index is -3.50. The monoisotopic (exact) mass is 490 g/mol. The molecule has 2 aromatic heterocycles. The maximum absolute atomic E-state index is 15.2. The molecule has 182 valence electrons. The Bertz CT molecular complexity index is 1260. The highest BCUT2D eigenvalue weighted by atomic mass is 32.2. The van der Waals surface area contributed by atoms with Gasteiger partial charge in [-0.2, -0.15) is 0 Å². The van der Waals surface area contributed by atoms with E-state index >= 15 is 4.39 Å². The highest BCUT2D eigenvalue weighted by molar-refractivity contribution is 7.90. The van der Waals surface area contributed by atoms with E-state index in [1.54, 1.807) is 19.3 Å². The van der Waals surface area contributed by atoms with E-state index in [1.807, 2.05) is 6.07 Å². The fourth-order valence-electron chi connectivity index (χ4n) is 4.09. The van der Waals surface area contributed by atoms with Gasteiger partial charge in [0.25, 0.3) is 0 Å². The highest BCUT2D eigenvalue weighted by Crippen LogP contribution is 2.26. The lowest BCUT2D eigenvalue weighted by Crippen LogP contribution is -2.46. The number of aromatic nitrogens is 4. The number of anilines is 1. The summed E-state index contributed by atoms with van der Waals surface area (Å²) < 4.78 is 55.1. The average Bonchev–Trinajstić information content (AvgIpc) is 3.31. The van der Waals surface area contributed by atoms with Crippen LogP contribution in [-0.4, -0.2) is 71.8 Å². The van der Waals surface area contributed by atoms with E-state index in [-0.39, 0.29) is 11.3 Å². The number of likely N-dealkylation sites (N-methyl/N-ethyl adjacent to an activating group) is 1. The number of hydrogen-bond donors (Lipinski definition) is 0. The summed E-state index contributed by atoms with van der Waals surface area (Å²) in [5.74, 6) is -2.38. The van der Waals surface area contributed by atoms with Gasteiger partial charge in [0.2, 0.25) is 0 Å². The summed E-state index contributed by atoms with van der Waals surface area (Å²) in [4.78, 5) is 8.94. The fraction of sp³-hybridized carbons (Fsp3) is 0.435. The van der Waals surface area contributed by atoms with Crippen LogP contribution in [0.15, 0.2) is 36.8 Å². The van der Waals surface area contributed by atoms with Gasteiger partial charge >= 0.3 is 0 Å². The number of pyridine rings is 1. The Hall–Kier alpha value is -2.92. The van der Waals surface area contributed by atoms with Crippen molar-refractivity contribution in [2.75, 3.05) is 43.4 Å². The van der Waals surface area contributed by atoms with E-state index in [0.29, 0.717) is 17.7 Å². The first-order valence-corrected chi connectivity index (χ1v) is 13.2. The van der Waals surface area contributed by atoms with Gasteiger partial charge in [-0.05, 0) is 25.1 Å². The van der Waals surface area contributed by atoms with Crippen molar-refractivity contribution >= 4 is 15.5 Å². The fourth-order valence-corrected chi connectivity index (χ4v) is 5.56. The van der Waals surface area contributed by atoms with Gasteiger partial charge in [-0.15, -0.1) is 5.10 Å². The molecule has 0 spiro atoms. The molecule has 0 aliphatic carbocycles. The summed E-state index contributed by atoms with van der Waals surface area (Å²) in [6.07, 6.45) is 5.25. The number of rotatable bonds is 8. The molecule has 1 fully saturated rings. The lowest BCUT2D eigenvalue weighted by Gasteiger charge is -2.35. The normalized spacial score (nSPS) is 15.1. The van der Waals surface area contributed by atoms with Crippen LogP contribution < -0.4 is 4.90 Å². The zero-order chi connectivity index (χ0) is 24.3. The number of halogens is 2. The number of benzene rings is 1. The van der Waals surface area contributed by atoms with Gasteiger partial charge in [0, 0.05) is 43.5 Å².